The van der Waals surface area contributed by atoms with Crippen LogP contribution in [0.1, 0.15) is 10.4 Å². The van der Waals surface area contributed by atoms with Gasteiger partial charge in [0.15, 0.2) is 0 Å². The maximum atomic E-state index is 12.3. The van der Waals surface area contributed by atoms with Crippen molar-refractivity contribution in [3.05, 3.63) is 29.8 Å². The third-order valence-electron chi connectivity index (χ3n) is 0.980. The van der Waals surface area contributed by atoms with Gasteiger partial charge >= 0.3 is 6.04 Å². The Morgan fingerprint density at radius 1 is 1.60 bits per heavy atom. The highest BCUT2D eigenvalue weighted by atomic mass is 19.1. The number of carbonyl (C=O) groups is 1. The summed E-state index contributed by atoms with van der Waals surface area (Å²) in [5, 5.41) is 0. The molecule has 0 aliphatic rings. The molecule has 0 fully saturated rings. The maximum Gasteiger partial charge on any atom is 0.336 e. The minimum atomic E-state index is -1.80. The second kappa shape index (κ2) is 2.51. The molecule has 0 N–H and O–H groups in total. The molecule has 0 atom stereocenters. The molecule has 0 unspecified atom stereocenters. The maximum absolute atomic E-state index is 12.3. The lowest BCUT2D eigenvalue weighted by Crippen LogP contribution is -1.95. The van der Waals surface area contributed by atoms with Crippen LogP contribution in [-0.2, 0) is 0 Å². The largest absolute Gasteiger partial charge is 0.336 e. The predicted molar refractivity (Wildman–Crippen MR) is 29.6 cm³/mol. The predicted octanol–water partition coefficient (Wildman–Crippen LogP) is 1.33. The first-order chi connectivity index (χ1) is 4.72. The van der Waals surface area contributed by atoms with Crippen molar-refractivity contribution >= 4 is 6.04 Å². The topological polar surface area (TPSA) is 30.0 Å². The molecule has 0 aliphatic carbocycles. The van der Waals surface area contributed by atoms with Crippen molar-refractivity contribution < 1.29 is 13.6 Å². The number of hydrogen-bond donors (Lipinski definition) is 0. The molecule has 0 aromatic carbocycles. The van der Waals surface area contributed by atoms with Gasteiger partial charge in [-0.15, -0.1) is 0 Å². The summed E-state index contributed by atoms with van der Waals surface area (Å²) in [4.78, 5) is 13.3. The van der Waals surface area contributed by atoms with E-state index in [1.165, 1.54) is 0 Å². The van der Waals surface area contributed by atoms with Gasteiger partial charge in [0.1, 0.15) is 11.4 Å². The molecule has 10 heavy (non-hydrogen) atoms. The molecule has 0 spiro atoms. The molecule has 0 amide bonds. The molecule has 0 saturated heterocycles. The Kier molecular flexibility index (Phi) is 1.71. The number of aromatic nitrogens is 1. The number of hydrogen-bond acceptors (Lipinski definition) is 2. The highest BCUT2D eigenvalue weighted by Gasteiger charge is 2.08. The average molecular weight is 143 g/mol. The molecule has 1 aromatic rings. The molecule has 4 heteroatoms. The van der Waals surface area contributed by atoms with E-state index in [2.05, 4.69) is 4.98 Å². The van der Waals surface area contributed by atoms with Crippen LogP contribution in [-0.4, -0.2) is 11.0 Å². The summed E-state index contributed by atoms with van der Waals surface area (Å²) in [6.07, 6.45) is 1.99. The van der Waals surface area contributed by atoms with Crippen LogP contribution in [0.2, 0.25) is 0 Å². The van der Waals surface area contributed by atoms with E-state index in [1.54, 1.807) is 0 Å². The lowest BCUT2D eigenvalue weighted by Gasteiger charge is -1.90. The van der Waals surface area contributed by atoms with Crippen LogP contribution in [0.4, 0.5) is 8.78 Å². The van der Waals surface area contributed by atoms with E-state index in [0.717, 1.165) is 18.5 Å². The summed E-state index contributed by atoms with van der Waals surface area (Å²) in [6, 6.07) is -0.877. The van der Waals surface area contributed by atoms with Gasteiger partial charge in [-0.3, -0.25) is 9.78 Å². The molecule has 0 aliphatic heterocycles. The highest BCUT2D eigenvalue weighted by molar-refractivity contribution is 5.88. The van der Waals surface area contributed by atoms with Crippen LogP contribution in [0.5, 0.6) is 0 Å². The fourth-order valence-corrected chi connectivity index (χ4v) is 0.522. The lowest BCUT2D eigenvalue weighted by atomic mass is 10.3. The van der Waals surface area contributed by atoms with Gasteiger partial charge in [0.25, 0.3) is 0 Å². The third-order valence-corrected chi connectivity index (χ3v) is 0.980. The van der Waals surface area contributed by atoms with Crippen molar-refractivity contribution in [1.29, 1.82) is 0 Å². The molecule has 0 saturated carbocycles. The van der Waals surface area contributed by atoms with E-state index in [4.69, 9.17) is 0 Å². The normalized spacial score (nSPS) is 9.40. The van der Waals surface area contributed by atoms with Gasteiger partial charge in [-0.25, -0.2) is 4.39 Å². The van der Waals surface area contributed by atoms with Gasteiger partial charge in [0.2, 0.25) is 0 Å². The SMILES string of the molecule is O=C(F)c1cnccc1F. The Bertz CT molecular complexity index is 262. The fourth-order valence-electron chi connectivity index (χ4n) is 0.522. The first-order valence-electron chi connectivity index (χ1n) is 2.51. The minimum absolute atomic E-state index is 0.623. The molecule has 0 bridgehead atoms. The van der Waals surface area contributed by atoms with Crippen LogP contribution in [0.25, 0.3) is 0 Å². The molecule has 1 aromatic heterocycles. The van der Waals surface area contributed by atoms with Crippen LogP contribution >= 0.6 is 0 Å². The second-order valence-corrected chi connectivity index (χ2v) is 1.63. The smallest absolute Gasteiger partial charge is 0.264 e. The Labute approximate surface area is 55.5 Å². The van der Waals surface area contributed by atoms with E-state index < -0.39 is 17.4 Å². The van der Waals surface area contributed by atoms with Crippen molar-refractivity contribution in [3.63, 3.8) is 0 Å². The Morgan fingerprint density at radius 2 is 2.30 bits per heavy atom. The lowest BCUT2D eigenvalue weighted by molar-refractivity contribution is 0.0831. The fraction of sp³-hybridized carbons (Fsp3) is 0. The van der Waals surface area contributed by atoms with E-state index in [0.29, 0.717) is 0 Å². The second-order valence-electron chi connectivity index (χ2n) is 1.63. The molecule has 52 valence electrons. The van der Waals surface area contributed by atoms with E-state index in [-0.39, 0.29) is 0 Å². The van der Waals surface area contributed by atoms with Crippen molar-refractivity contribution in [2.45, 2.75) is 0 Å². The molecular weight excluding hydrogens is 140 g/mol. The highest BCUT2D eigenvalue weighted by Crippen LogP contribution is 2.04. The molecule has 1 rings (SSSR count). The summed E-state index contributed by atoms with van der Waals surface area (Å²) in [5.74, 6) is -0.887. The Hall–Kier alpha value is -1.32. The average Bonchev–Trinajstić information content (AvgIpc) is 1.88. The van der Waals surface area contributed by atoms with Crippen molar-refractivity contribution in [3.8, 4) is 0 Å². The van der Waals surface area contributed by atoms with E-state index in [1.807, 2.05) is 0 Å². The summed E-state index contributed by atoms with van der Waals surface area (Å²) in [7, 11) is 0. The van der Waals surface area contributed by atoms with Gasteiger partial charge in [0.05, 0.1) is 0 Å². The Balaban J connectivity index is 3.15. The van der Waals surface area contributed by atoms with Crippen LogP contribution in [0, 0.1) is 5.82 Å². The summed E-state index contributed by atoms with van der Waals surface area (Å²) in [5.41, 5.74) is -0.623. The minimum Gasteiger partial charge on any atom is -0.264 e. The third kappa shape index (κ3) is 1.15. The zero-order valence-corrected chi connectivity index (χ0v) is 4.84. The van der Waals surface area contributed by atoms with Gasteiger partial charge in [-0.05, 0) is 6.07 Å². The van der Waals surface area contributed by atoms with E-state index >= 15 is 0 Å². The summed E-state index contributed by atoms with van der Waals surface area (Å²) in [6.45, 7) is 0. The first kappa shape index (κ1) is 6.80. The number of nitrogens with zero attached hydrogens (tertiary/aromatic N) is 1. The van der Waals surface area contributed by atoms with Gasteiger partial charge in [0, 0.05) is 12.4 Å². The molecule has 2 nitrogen and oxygen atoms in total. The summed E-state index contributed by atoms with van der Waals surface area (Å²) < 4.78 is 24.1. The monoisotopic (exact) mass is 143 g/mol. The molecule has 1 heterocycles. The Morgan fingerprint density at radius 3 is 2.70 bits per heavy atom. The van der Waals surface area contributed by atoms with Gasteiger partial charge in [-0.1, -0.05) is 0 Å². The first-order valence-corrected chi connectivity index (χ1v) is 2.51. The molecular formula is C6H3F2NO. The number of halogens is 2. The van der Waals surface area contributed by atoms with Crippen molar-refractivity contribution in [2.24, 2.45) is 0 Å². The van der Waals surface area contributed by atoms with Crippen LogP contribution in [0.3, 0.4) is 0 Å². The number of pyridine rings is 1. The van der Waals surface area contributed by atoms with Crippen LogP contribution < -0.4 is 0 Å². The number of rotatable bonds is 1. The van der Waals surface area contributed by atoms with Crippen LogP contribution in [0.15, 0.2) is 18.5 Å². The molecule has 0 radical (unpaired) electrons. The standard InChI is InChI=1S/C6H3F2NO/c7-5-1-2-9-3-4(5)6(8)10/h1-3H. The zero-order valence-electron chi connectivity index (χ0n) is 4.84. The number of carbonyl (C=O) groups excluding carboxylic acids is 1. The van der Waals surface area contributed by atoms with Crippen molar-refractivity contribution in [1.82, 2.24) is 4.98 Å². The van der Waals surface area contributed by atoms with E-state index in [9.17, 15) is 13.6 Å². The summed E-state index contributed by atoms with van der Waals surface area (Å²) >= 11 is 0. The zero-order chi connectivity index (χ0) is 7.56. The van der Waals surface area contributed by atoms with Crippen molar-refractivity contribution in [2.75, 3.05) is 0 Å². The quantitative estimate of drug-likeness (QED) is 0.555. The van der Waals surface area contributed by atoms with Gasteiger partial charge in [-0.2, -0.15) is 4.39 Å². The van der Waals surface area contributed by atoms with Gasteiger partial charge < -0.3 is 0 Å².